The van der Waals surface area contributed by atoms with Gasteiger partial charge in [-0.05, 0) is 83.5 Å². The van der Waals surface area contributed by atoms with E-state index in [-0.39, 0.29) is 12.8 Å². The molecule has 0 saturated heterocycles. The number of carbonyl (C=O) groups excluding carboxylic acids is 2. The van der Waals surface area contributed by atoms with Gasteiger partial charge in [-0.1, -0.05) is 196 Å². The van der Waals surface area contributed by atoms with Crippen LogP contribution in [-0.4, -0.2) is 98.3 Å². The molecule has 6 N–H and O–H groups in total. The minimum atomic E-state index is -5.13. The van der Waals surface area contributed by atoms with Gasteiger partial charge >= 0.3 is 19.8 Å². The van der Waals surface area contributed by atoms with E-state index in [2.05, 4.69) is 86.8 Å². The SMILES string of the molecule is CC/C=C\C/C=C\C/C=C\C/C=C\CCCCCCCCCCC(=O)OC(COC(=O)CCCCCCCCCCC/C=C\C/C=C\CCCCCCC)COP(=O)(O)OC1C(O)C(O)C(O)C(O)C1O. The number of rotatable bonds is 46. The molecule has 1 aliphatic rings. The van der Waals surface area contributed by atoms with E-state index in [4.69, 9.17) is 18.5 Å². The Bertz CT molecular complexity index is 1510. The van der Waals surface area contributed by atoms with Crippen molar-refractivity contribution in [1.29, 1.82) is 0 Å². The van der Waals surface area contributed by atoms with Crippen LogP contribution in [0.25, 0.3) is 0 Å². The van der Waals surface area contributed by atoms with E-state index < -0.39 is 75.7 Å². The Kier molecular flexibility index (Phi) is 42.8. The third kappa shape index (κ3) is 37.6. The Balaban J connectivity index is 2.37. The van der Waals surface area contributed by atoms with Crippen LogP contribution in [-0.2, 0) is 32.7 Å². The molecule has 6 atom stereocenters. The fourth-order valence-corrected chi connectivity index (χ4v) is 9.11. The molecule has 0 aliphatic heterocycles. The van der Waals surface area contributed by atoms with Crippen molar-refractivity contribution in [3.63, 3.8) is 0 Å². The summed E-state index contributed by atoms with van der Waals surface area (Å²) in [6.07, 6.45) is 46.5. The van der Waals surface area contributed by atoms with Gasteiger partial charge in [0.15, 0.2) is 6.10 Å². The lowest BCUT2D eigenvalue weighted by Crippen LogP contribution is -2.64. The molecule has 71 heavy (non-hydrogen) atoms. The Labute approximate surface area is 429 Å². The third-order valence-corrected chi connectivity index (χ3v) is 13.5. The minimum Gasteiger partial charge on any atom is -0.462 e. The van der Waals surface area contributed by atoms with Gasteiger partial charge in [-0.25, -0.2) is 4.57 Å². The van der Waals surface area contributed by atoms with E-state index in [1.807, 2.05) is 0 Å². The molecule has 0 aromatic rings. The van der Waals surface area contributed by atoms with Gasteiger partial charge in [0, 0.05) is 12.8 Å². The average Bonchev–Trinajstić information content (AvgIpc) is 3.35. The number of ether oxygens (including phenoxy) is 2. The van der Waals surface area contributed by atoms with Crippen LogP contribution in [0.2, 0.25) is 0 Å². The van der Waals surface area contributed by atoms with Crippen LogP contribution in [0.5, 0.6) is 0 Å². The van der Waals surface area contributed by atoms with Gasteiger partial charge < -0.3 is 39.9 Å². The predicted molar refractivity (Wildman–Crippen MR) is 285 cm³/mol. The van der Waals surface area contributed by atoms with Crippen molar-refractivity contribution in [2.45, 2.75) is 262 Å². The molecule has 0 amide bonds. The molecule has 1 aliphatic carbocycles. The van der Waals surface area contributed by atoms with Crippen molar-refractivity contribution in [1.82, 2.24) is 0 Å². The Morgan fingerprint density at radius 2 is 0.803 bits per heavy atom. The summed E-state index contributed by atoms with van der Waals surface area (Å²) in [5.41, 5.74) is 0. The maximum absolute atomic E-state index is 12.9. The van der Waals surface area contributed by atoms with Gasteiger partial charge in [0.05, 0.1) is 6.61 Å². The minimum absolute atomic E-state index is 0.0833. The zero-order valence-corrected chi connectivity index (χ0v) is 44.9. The summed E-state index contributed by atoms with van der Waals surface area (Å²) in [5, 5.41) is 50.4. The molecule has 6 unspecified atom stereocenters. The molecule has 13 nitrogen and oxygen atoms in total. The molecule has 0 spiro atoms. The van der Waals surface area contributed by atoms with Gasteiger partial charge in [-0.15, -0.1) is 0 Å². The second-order valence-corrected chi connectivity index (χ2v) is 20.5. The van der Waals surface area contributed by atoms with E-state index in [1.165, 1.54) is 70.6 Å². The van der Waals surface area contributed by atoms with Crippen LogP contribution < -0.4 is 0 Å². The molecular weight excluding hydrogens is 924 g/mol. The molecule has 1 fully saturated rings. The number of carbonyl (C=O) groups is 2. The normalized spacial score (nSPS) is 21.2. The highest BCUT2D eigenvalue weighted by Gasteiger charge is 2.51. The molecule has 0 aromatic carbocycles. The second kappa shape index (κ2) is 45.9. The van der Waals surface area contributed by atoms with Crippen molar-refractivity contribution in [2.24, 2.45) is 0 Å². The molecule has 0 radical (unpaired) electrons. The number of phosphoric ester groups is 1. The zero-order chi connectivity index (χ0) is 52.1. The molecule has 410 valence electrons. The van der Waals surface area contributed by atoms with E-state index in [1.54, 1.807) is 0 Å². The predicted octanol–water partition coefficient (Wildman–Crippen LogP) is 12.6. The second-order valence-electron chi connectivity index (χ2n) is 19.1. The van der Waals surface area contributed by atoms with Crippen LogP contribution >= 0.6 is 7.82 Å². The van der Waals surface area contributed by atoms with E-state index >= 15 is 0 Å². The van der Waals surface area contributed by atoms with E-state index in [0.29, 0.717) is 12.8 Å². The first kappa shape index (κ1) is 66.3. The first-order valence-corrected chi connectivity index (χ1v) is 29.2. The third-order valence-electron chi connectivity index (χ3n) is 12.5. The first-order chi connectivity index (χ1) is 34.4. The standard InChI is InChI=1S/C57H99O13P/c1-3-5-7-9-11-13-15-17-19-21-23-25-27-29-31-33-35-37-39-41-43-45-50(58)67-47-49(48-68-71(65,66)70-57-55(63)53(61)52(60)54(62)56(57)64)69-51(59)46-44-42-40-38-36-34-32-30-28-26-24-22-20-18-16-14-12-10-8-6-4-2/h6,8,12,14-15,17-18,20-21,23-24,26,49,52-57,60-64H,3-5,7,9-11,13,16,19,22,25,27-48H2,1-2H3,(H,65,66)/b8-6-,14-12-,17-15-,20-18-,23-21-,26-24-. The van der Waals surface area contributed by atoms with Crippen molar-refractivity contribution >= 4 is 19.8 Å². The van der Waals surface area contributed by atoms with Crippen LogP contribution in [0.4, 0.5) is 0 Å². The fourth-order valence-electron chi connectivity index (χ4n) is 8.13. The summed E-state index contributed by atoms with van der Waals surface area (Å²) in [4.78, 5) is 35.9. The summed E-state index contributed by atoms with van der Waals surface area (Å²) in [7, 11) is -5.13. The first-order valence-electron chi connectivity index (χ1n) is 27.7. The highest BCUT2D eigenvalue weighted by molar-refractivity contribution is 7.47. The van der Waals surface area contributed by atoms with Crippen LogP contribution in [0.3, 0.4) is 0 Å². The van der Waals surface area contributed by atoms with Gasteiger partial charge in [0.25, 0.3) is 0 Å². The number of allylic oxidation sites excluding steroid dienone is 12. The maximum atomic E-state index is 12.9. The van der Waals surface area contributed by atoms with E-state index in [9.17, 15) is 44.6 Å². The average molecular weight is 1020 g/mol. The van der Waals surface area contributed by atoms with E-state index in [0.717, 1.165) is 109 Å². The molecule has 0 aromatic heterocycles. The molecule has 1 saturated carbocycles. The van der Waals surface area contributed by atoms with Gasteiger partial charge in [-0.2, -0.15) is 0 Å². The smallest absolute Gasteiger partial charge is 0.462 e. The van der Waals surface area contributed by atoms with Crippen molar-refractivity contribution in [2.75, 3.05) is 13.2 Å². The summed E-state index contributed by atoms with van der Waals surface area (Å²) >= 11 is 0. The lowest BCUT2D eigenvalue weighted by atomic mass is 9.85. The van der Waals surface area contributed by atoms with Gasteiger partial charge in [-0.3, -0.25) is 18.6 Å². The largest absolute Gasteiger partial charge is 0.472 e. The highest BCUT2D eigenvalue weighted by Crippen LogP contribution is 2.47. The van der Waals surface area contributed by atoms with Crippen LogP contribution in [0.15, 0.2) is 72.9 Å². The number of aliphatic hydroxyl groups is 5. The number of aliphatic hydroxyl groups excluding tert-OH is 5. The van der Waals surface area contributed by atoms with Crippen molar-refractivity contribution in [3.05, 3.63) is 72.9 Å². The van der Waals surface area contributed by atoms with Crippen LogP contribution in [0.1, 0.15) is 219 Å². The van der Waals surface area contributed by atoms with Crippen molar-refractivity contribution < 1.29 is 63.1 Å². The number of esters is 2. The lowest BCUT2D eigenvalue weighted by Gasteiger charge is -2.41. The molecule has 14 heteroatoms. The zero-order valence-electron chi connectivity index (χ0n) is 44.0. The molecule has 0 heterocycles. The Hall–Kier alpha value is -2.71. The molecule has 1 rings (SSSR count). The topological polar surface area (TPSA) is 210 Å². The maximum Gasteiger partial charge on any atom is 0.472 e. The monoisotopic (exact) mass is 1020 g/mol. The van der Waals surface area contributed by atoms with Crippen molar-refractivity contribution in [3.8, 4) is 0 Å². The number of unbranched alkanes of at least 4 members (excludes halogenated alkanes) is 22. The highest BCUT2D eigenvalue weighted by atomic mass is 31.2. The quantitative estimate of drug-likeness (QED) is 0.0145. The fraction of sp³-hybridized carbons (Fsp3) is 0.754. The molecular formula is C57H99O13P. The van der Waals surface area contributed by atoms with Crippen LogP contribution in [0, 0.1) is 0 Å². The summed E-state index contributed by atoms with van der Waals surface area (Å²) in [5.74, 6) is -1.11. The Morgan fingerprint density at radius 3 is 1.23 bits per heavy atom. The number of phosphoric acid groups is 1. The number of hydrogen-bond acceptors (Lipinski definition) is 12. The Morgan fingerprint density at radius 1 is 0.451 bits per heavy atom. The number of hydrogen-bond donors (Lipinski definition) is 6. The lowest BCUT2D eigenvalue weighted by molar-refractivity contribution is -0.220. The summed E-state index contributed by atoms with van der Waals surface area (Å²) < 4.78 is 33.7. The van der Waals surface area contributed by atoms with Gasteiger partial charge in [0.2, 0.25) is 0 Å². The molecule has 0 bridgehead atoms. The van der Waals surface area contributed by atoms with Gasteiger partial charge in [0.1, 0.15) is 43.2 Å². The summed E-state index contributed by atoms with van der Waals surface area (Å²) in [6.45, 7) is 3.20. The summed E-state index contributed by atoms with van der Waals surface area (Å²) in [6, 6.07) is 0.